The average Bonchev–Trinajstić information content (AvgIpc) is 2.45. The minimum atomic E-state index is -4.62. The molecule has 0 spiro atoms. The SMILES string of the molecule is CCOP(=O)(OCC)c1nc2c(c(C(F)(F)F)n1)CCCC2. The Morgan fingerprint density at radius 1 is 1.09 bits per heavy atom. The highest BCUT2D eigenvalue weighted by molar-refractivity contribution is 7.61. The first-order valence-electron chi connectivity index (χ1n) is 7.18. The highest BCUT2D eigenvalue weighted by atomic mass is 31.2. The third-order valence-electron chi connectivity index (χ3n) is 3.28. The summed E-state index contributed by atoms with van der Waals surface area (Å²) in [5, 5.41) is 0. The Morgan fingerprint density at radius 3 is 2.23 bits per heavy atom. The summed E-state index contributed by atoms with van der Waals surface area (Å²) < 4.78 is 62.5. The lowest BCUT2D eigenvalue weighted by Gasteiger charge is -2.22. The fraction of sp³-hybridized carbons (Fsp3) is 0.692. The van der Waals surface area contributed by atoms with Gasteiger partial charge in [0.1, 0.15) is 0 Å². The molecule has 9 heteroatoms. The van der Waals surface area contributed by atoms with Gasteiger partial charge in [-0.1, -0.05) is 0 Å². The first-order chi connectivity index (χ1) is 10.3. The first-order valence-corrected chi connectivity index (χ1v) is 8.72. The number of fused-ring (bicyclic) bond motifs is 1. The van der Waals surface area contributed by atoms with Crippen molar-refractivity contribution in [1.29, 1.82) is 0 Å². The van der Waals surface area contributed by atoms with Gasteiger partial charge < -0.3 is 9.05 Å². The van der Waals surface area contributed by atoms with Crippen LogP contribution in [0.4, 0.5) is 13.2 Å². The Balaban J connectivity index is 2.60. The van der Waals surface area contributed by atoms with Crippen LogP contribution in [0.5, 0.6) is 0 Å². The molecule has 2 rings (SSSR count). The van der Waals surface area contributed by atoms with Gasteiger partial charge in [0.25, 0.3) is 0 Å². The smallest absolute Gasteiger partial charge is 0.303 e. The maximum absolute atomic E-state index is 13.3. The molecule has 0 bridgehead atoms. The van der Waals surface area contributed by atoms with Gasteiger partial charge in [-0.15, -0.1) is 0 Å². The van der Waals surface area contributed by atoms with Gasteiger partial charge >= 0.3 is 13.8 Å². The fourth-order valence-corrected chi connectivity index (χ4v) is 3.88. The topological polar surface area (TPSA) is 61.3 Å². The molecule has 0 saturated carbocycles. The Labute approximate surface area is 126 Å². The standard InChI is InChI=1S/C13H18F3N2O3P/c1-3-20-22(19,21-4-2)12-17-10-8-6-5-7-9(10)11(18-12)13(14,15)16/h3-8H2,1-2H3. The van der Waals surface area contributed by atoms with Gasteiger partial charge in [-0.25, -0.2) is 9.97 Å². The number of rotatable bonds is 5. The van der Waals surface area contributed by atoms with E-state index in [1.165, 1.54) is 0 Å². The molecule has 1 aromatic heterocycles. The molecule has 0 aromatic carbocycles. The van der Waals surface area contributed by atoms with E-state index in [0.29, 0.717) is 18.5 Å². The van der Waals surface area contributed by atoms with Gasteiger partial charge in [-0.3, -0.25) is 4.57 Å². The average molecular weight is 338 g/mol. The van der Waals surface area contributed by atoms with Crippen LogP contribution in [0.2, 0.25) is 0 Å². The van der Waals surface area contributed by atoms with Gasteiger partial charge in [0.15, 0.2) is 5.69 Å². The second-order valence-corrected chi connectivity index (χ2v) is 6.75. The van der Waals surface area contributed by atoms with Crippen molar-refractivity contribution in [2.24, 2.45) is 0 Å². The highest BCUT2D eigenvalue weighted by Crippen LogP contribution is 2.46. The van der Waals surface area contributed by atoms with Crippen LogP contribution in [-0.2, 0) is 32.6 Å². The molecule has 0 amide bonds. The second kappa shape index (κ2) is 6.64. The van der Waals surface area contributed by atoms with E-state index in [0.717, 1.165) is 6.42 Å². The number of aryl methyl sites for hydroxylation is 1. The molecule has 1 aliphatic rings. The molecule has 124 valence electrons. The van der Waals surface area contributed by atoms with Gasteiger partial charge in [-0.05, 0) is 39.5 Å². The number of alkyl halides is 3. The summed E-state index contributed by atoms with van der Waals surface area (Å²) in [6.07, 6.45) is -2.53. The monoisotopic (exact) mass is 338 g/mol. The predicted octanol–water partition coefficient (Wildman–Crippen LogP) is 3.27. The van der Waals surface area contributed by atoms with Gasteiger partial charge in [-0.2, -0.15) is 13.2 Å². The maximum atomic E-state index is 13.3. The molecule has 0 fully saturated rings. The minimum absolute atomic E-state index is 0.0269. The largest absolute Gasteiger partial charge is 0.433 e. The van der Waals surface area contributed by atoms with Crippen molar-refractivity contribution < 1.29 is 26.8 Å². The number of nitrogens with zero attached hydrogens (tertiary/aromatic N) is 2. The minimum Gasteiger partial charge on any atom is -0.303 e. The Morgan fingerprint density at radius 2 is 1.68 bits per heavy atom. The molecule has 1 heterocycles. The Hall–Kier alpha value is -0.980. The molecule has 0 N–H and O–H groups in total. The van der Waals surface area contributed by atoms with Gasteiger partial charge in [0.2, 0.25) is 5.57 Å². The lowest BCUT2D eigenvalue weighted by Crippen LogP contribution is -2.28. The zero-order valence-corrected chi connectivity index (χ0v) is 13.3. The summed E-state index contributed by atoms with van der Waals surface area (Å²) in [5.41, 5.74) is -1.12. The van der Waals surface area contributed by atoms with E-state index in [4.69, 9.17) is 9.05 Å². The molecule has 1 aliphatic carbocycles. The van der Waals surface area contributed by atoms with Crippen molar-refractivity contribution in [3.63, 3.8) is 0 Å². The van der Waals surface area contributed by atoms with Crippen molar-refractivity contribution >= 4 is 13.2 Å². The zero-order valence-electron chi connectivity index (χ0n) is 12.4. The van der Waals surface area contributed by atoms with Crippen molar-refractivity contribution in [1.82, 2.24) is 9.97 Å². The molecule has 22 heavy (non-hydrogen) atoms. The van der Waals surface area contributed by atoms with E-state index in [1.54, 1.807) is 13.8 Å². The van der Waals surface area contributed by atoms with Crippen LogP contribution in [0, 0.1) is 0 Å². The van der Waals surface area contributed by atoms with Gasteiger partial charge in [0, 0.05) is 11.3 Å². The van der Waals surface area contributed by atoms with Crippen LogP contribution >= 0.6 is 7.60 Å². The van der Waals surface area contributed by atoms with Crippen LogP contribution in [0.25, 0.3) is 0 Å². The quantitative estimate of drug-likeness (QED) is 0.771. The Kier molecular flexibility index (Phi) is 5.25. The van der Waals surface area contributed by atoms with Crippen LogP contribution in [-0.4, -0.2) is 23.2 Å². The van der Waals surface area contributed by atoms with E-state index in [9.17, 15) is 17.7 Å². The number of aromatic nitrogens is 2. The lowest BCUT2D eigenvalue weighted by molar-refractivity contribution is -0.141. The summed E-state index contributed by atoms with van der Waals surface area (Å²) in [4.78, 5) is 7.59. The van der Waals surface area contributed by atoms with Crippen molar-refractivity contribution in [3.05, 3.63) is 17.0 Å². The van der Waals surface area contributed by atoms with E-state index in [1.807, 2.05) is 0 Å². The molecule has 0 saturated heterocycles. The highest BCUT2D eigenvalue weighted by Gasteiger charge is 2.41. The van der Waals surface area contributed by atoms with Gasteiger partial charge in [0.05, 0.1) is 13.2 Å². The van der Waals surface area contributed by atoms with Crippen LogP contribution in [0.15, 0.2) is 0 Å². The molecule has 0 radical (unpaired) electrons. The van der Waals surface area contributed by atoms with E-state index in [2.05, 4.69) is 9.97 Å². The zero-order chi connectivity index (χ0) is 16.4. The van der Waals surface area contributed by atoms with Crippen molar-refractivity contribution in [2.75, 3.05) is 13.2 Å². The fourth-order valence-electron chi connectivity index (χ4n) is 2.43. The number of hydrogen-bond acceptors (Lipinski definition) is 5. The number of halogens is 3. The Bertz CT molecular complexity index is 583. The van der Waals surface area contributed by atoms with Crippen molar-refractivity contribution in [3.8, 4) is 0 Å². The molecular weight excluding hydrogens is 320 g/mol. The molecular formula is C13H18F3N2O3P. The lowest BCUT2D eigenvalue weighted by atomic mass is 9.94. The van der Waals surface area contributed by atoms with Crippen LogP contribution < -0.4 is 5.57 Å². The summed E-state index contributed by atoms with van der Waals surface area (Å²) in [6, 6.07) is 0. The summed E-state index contributed by atoms with van der Waals surface area (Å²) in [7, 11) is -3.94. The molecule has 0 aliphatic heterocycles. The number of hydrogen-bond donors (Lipinski definition) is 0. The first kappa shape index (κ1) is 17.4. The van der Waals surface area contributed by atoms with Crippen molar-refractivity contribution in [2.45, 2.75) is 45.7 Å². The maximum Gasteiger partial charge on any atom is 0.433 e. The molecule has 0 atom stereocenters. The second-order valence-electron chi connectivity index (χ2n) is 4.84. The third kappa shape index (κ3) is 3.50. The summed E-state index contributed by atoms with van der Waals surface area (Å²) in [6.45, 7) is 3.21. The normalized spacial score (nSPS) is 15.7. The third-order valence-corrected chi connectivity index (χ3v) is 5.17. The van der Waals surface area contributed by atoms with E-state index >= 15 is 0 Å². The van der Waals surface area contributed by atoms with E-state index in [-0.39, 0.29) is 25.2 Å². The van der Waals surface area contributed by atoms with Crippen LogP contribution in [0.3, 0.4) is 0 Å². The van der Waals surface area contributed by atoms with Crippen LogP contribution in [0.1, 0.15) is 43.6 Å². The summed E-state index contributed by atoms with van der Waals surface area (Å²) >= 11 is 0. The molecule has 1 aromatic rings. The predicted molar refractivity (Wildman–Crippen MR) is 74.2 cm³/mol. The molecule has 0 unspecified atom stereocenters. The van der Waals surface area contributed by atoms with E-state index < -0.39 is 25.0 Å². The molecule has 5 nitrogen and oxygen atoms in total. The summed E-state index contributed by atoms with van der Waals surface area (Å²) in [5.74, 6) is 0.